The van der Waals surface area contributed by atoms with Crippen molar-refractivity contribution < 1.29 is 19.4 Å². The molecule has 0 saturated carbocycles. The van der Waals surface area contributed by atoms with E-state index in [4.69, 9.17) is 9.84 Å². The minimum absolute atomic E-state index is 0.164. The Hall–Kier alpha value is -2.37. The summed E-state index contributed by atoms with van der Waals surface area (Å²) >= 11 is 0. The maximum absolute atomic E-state index is 11.4. The van der Waals surface area contributed by atoms with Gasteiger partial charge >= 0.3 is 5.97 Å². The molecule has 0 fully saturated rings. The second-order valence-electron chi connectivity index (χ2n) is 3.07. The lowest BCUT2D eigenvalue weighted by atomic mass is 10.2. The Morgan fingerprint density at radius 2 is 2.18 bits per heavy atom. The zero-order chi connectivity index (χ0) is 12.8. The van der Waals surface area contributed by atoms with Crippen LogP contribution in [0.2, 0.25) is 0 Å². The van der Waals surface area contributed by atoms with Gasteiger partial charge in [-0.3, -0.25) is 4.79 Å². The molecule has 0 aliphatic carbocycles. The molecule has 0 atom stereocenters. The van der Waals surface area contributed by atoms with Gasteiger partial charge in [0.15, 0.2) is 0 Å². The number of carbonyl (C=O) groups is 2. The first-order valence-electron chi connectivity index (χ1n) is 4.76. The first-order valence-corrected chi connectivity index (χ1v) is 4.76. The van der Waals surface area contributed by atoms with Crippen molar-refractivity contribution >= 4 is 18.0 Å². The van der Waals surface area contributed by atoms with Gasteiger partial charge in [0.1, 0.15) is 11.4 Å². The van der Waals surface area contributed by atoms with E-state index in [0.29, 0.717) is 11.4 Å². The van der Waals surface area contributed by atoms with E-state index in [-0.39, 0.29) is 11.6 Å². The van der Waals surface area contributed by atoms with Gasteiger partial charge in [-0.05, 0) is 6.08 Å². The van der Waals surface area contributed by atoms with Crippen molar-refractivity contribution in [3.8, 4) is 5.75 Å². The number of nitrogens with zero attached hydrogens (tertiary/aromatic N) is 1. The highest BCUT2D eigenvalue weighted by molar-refractivity contribution is 5.93. The summed E-state index contributed by atoms with van der Waals surface area (Å²) in [5.74, 6) is -1.02. The molecule has 17 heavy (non-hydrogen) atoms. The molecule has 0 aromatic carbocycles. The number of aromatic nitrogens is 1. The van der Waals surface area contributed by atoms with Crippen LogP contribution in [-0.2, 0) is 4.79 Å². The molecule has 0 aliphatic heterocycles. The van der Waals surface area contributed by atoms with Crippen molar-refractivity contribution in [2.75, 3.05) is 14.2 Å². The molecule has 1 aromatic heterocycles. The molecule has 0 aliphatic rings. The van der Waals surface area contributed by atoms with Gasteiger partial charge in [0.05, 0.1) is 12.8 Å². The Labute approximate surface area is 97.9 Å². The zero-order valence-corrected chi connectivity index (χ0v) is 9.43. The number of carboxylic acids is 1. The number of pyridine rings is 1. The van der Waals surface area contributed by atoms with Crippen molar-refractivity contribution in [2.24, 2.45) is 0 Å². The van der Waals surface area contributed by atoms with Crippen LogP contribution in [0.3, 0.4) is 0 Å². The second-order valence-corrected chi connectivity index (χ2v) is 3.07. The van der Waals surface area contributed by atoms with Crippen LogP contribution in [0.1, 0.15) is 16.2 Å². The fourth-order valence-electron chi connectivity index (χ4n) is 1.13. The molecule has 1 amide bonds. The number of hydrogen-bond donors (Lipinski definition) is 2. The fourth-order valence-corrected chi connectivity index (χ4v) is 1.13. The Balaban J connectivity index is 3.13. The molecular formula is C11H12N2O4. The minimum Gasteiger partial charge on any atom is -0.497 e. The lowest BCUT2D eigenvalue weighted by Crippen LogP contribution is -2.19. The molecule has 0 unspecified atom stereocenters. The number of carbonyl (C=O) groups excluding carboxylic acids is 1. The topological polar surface area (TPSA) is 88.5 Å². The normalized spacial score (nSPS) is 10.2. The molecule has 6 nitrogen and oxygen atoms in total. The average molecular weight is 236 g/mol. The van der Waals surface area contributed by atoms with Gasteiger partial charge in [0, 0.05) is 25.3 Å². The third-order valence-electron chi connectivity index (χ3n) is 1.91. The number of amides is 1. The summed E-state index contributed by atoms with van der Waals surface area (Å²) in [4.78, 5) is 25.8. The number of hydrogen-bond acceptors (Lipinski definition) is 4. The number of carboxylic acid groups (broad SMARTS) is 1. The lowest BCUT2D eigenvalue weighted by Gasteiger charge is -2.04. The fraction of sp³-hybridized carbons (Fsp3) is 0.182. The van der Waals surface area contributed by atoms with Gasteiger partial charge in [-0.1, -0.05) is 0 Å². The van der Waals surface area contributed by atoms with Crippen LogP contribution in [0.25, 0.3) is 6.08 Å². The quantitative estimate of drug-likeness (QED) is 0.745. The minimum atomic E-state index is -1.09. The third kappa shape index (κ3) is 3.60. The average Bonchev–Trinajstić information content (AvgIpc) is 2.34. The van der Waals surface area contributed by atoms with Gasteiger partial charge in [-0.2, -0.15) is 0 Å². The highest BCUT2D eigenvalue weighted by Gasteiger charge is 2.08. The van der Waals surface area contributed by atoms with E-state index in [1.165, 1.54) is 32.4 Å². The molecule has 0 bridgehead atoms. The van der Waals surface area contributed by atoms with Crippen LogP contribution in [-0.4, -0.2) is 36.1 Å². The number of rotatable bonds is 4. The maximum atomic E-state index is 11.4. The number of aliphatic carboxylic acids is 1. The van der Waals surface area contributed by atoms with E-state index in [1.54, 1.807) is 0 Å². The van der Waals surface area contributed by atoms with Gasteiger partial charge in [0.25, 0.3) is 5.91 Å². The van der Waals surface area contributed by atoms with Crippen LogP contribution < -0.4 is 10.1 Å². The summed E-state index contributed by atoms with van der Waals surface area (Å²) < 4.78 is 5.00. The molecule has 90 valence electrons. The molecule has 1 aromatic rings. The van der Waals surface area contributed by atoms with Gasteiger partial charge in [0.2, 0.25) is 0 Å². The molecule has 1 rings (SSSR count). The third-order valence-corrected chi connectivity index (χ3v) is 1.91. The summed E-state index contributed by atoms with van der Waals surface area (Å²) in [7, 11) is 2.93. The predicted octanol–water partition coefficient (Wildman–Crippen LogP) is 0.548. The van der Waals surface area contributed by atoms with Crippen molar-refractivity contribution in [3.05, 3.63) is 29.6 Å². The number of ether oxygens (including phenoxy) is 1. The Bertz CT molecular complexity index is 469. The van der Waals surface area contributed by atoms with E-state index in [0.717, 1.165) is 6.08 Å². The number of methoxy groups -OCH3 is 1. The SMILES string of the molecule is CNC(=O)c1cc(OC)cc(/C=C/C(=O)O)n1. The molecule has 2 N–H and O–H groups in total. The van der Waals surface area contributed by atoms with Crippen molar-refractivity contribution in [1.29, 1.82) is 0 Å². The molecule has 0 saturated heterocycles. The number of nitrogens with one attached hydrogen (secondary N) is 1. The second kappa shape index (κ2) is 5.64. The van der Waals surface area contributed by atoms with E-state index in [2.05, 4.69) is 10.3 Å². The first-order chi connectivity index (χ1) is 8.06. The van der Waals surface area contributed by atoms with E-state index < -0.39 is 5.97 Å². The Kier molecular flexibility index (Phi) is 4.21. The van der Waals surface area contributed by atoms with E-state index in [1.807, 2.05) is 0 Å². The van der Waals surface area contributed by atoms with Crippen LogP contribution in [0, 0.1) is 0 Å². The summed E-state index contributed by atoms with van der Waals surface area (Å²) in [6.45, 7) is 0. The first kappa shape index (κ1) is 12.7. The molecular weight excluding hydrogens is 224 g/mol. The summed E-state index contributed by atoms with van der Waals surface area (Å²) in [6.07, 6.45) is 2.23. The zero-order valence-electron chi connectivity index (χ0n) is 9.43. The summed E-state index contributed by atoms with van der Waals surface area (Å²) in [6, 6.07) is 3.00. The van der Waals surface area contributed by atoms with Gasteiger partial charge in [-0.15, -0.1) is 0 Å². The molecule has 0 spiro atoms. The Morgan fingerprint density at radius 1 is 1.47 bits per heavy atom. The smallest absolute Gasteiger partial charge is 0.328 e. The van der Waals surface area contributed by atoms with Gasteiger partial charge < -0.3 is 15.2 Å². The highest BCUT2D eigenvalue weighted by atomic mass is 16.5. The van der Waals surface area contributed by atoms with Crippen LogP contribution >= 0.6 is 0 Å². The van der Waals surface area contributed by atoms with Gasteiger partial charge in [-0.25, -0.2) is 9.78 Å². The summed E-state index contributed by atoms with van der Waals surface area (Å²) in [5.41, 5.74) is 0.502. The summed E-state index contributed by atoms with van der Waals surface area (Å²) in [5, 5.41) is 10.9. The Morgan fingerprint density at radius 3 is 2.71 bits per heavy atom. The van der Waals surface area contributed by atoms with Crippen LogP contribution in [0.5, 0.6) is 5.75 Å². The van der Waals surface area contributed by atoms with Crippen molar-refractivity contribution in [1.82, 2.24) is 10.3 Å². The molecule has 1 heterocycles. The van der Waals surface area contributed by atoms with Crippen molar-refractivity contribution in [3.63, 3.8) is 0 Å². The maximum Gasteiger partial charge on any atom is 0.328 e. The highest BCUT2D eigenvalue weighted by Crippen LogP contribution is 2.14. The van der Waals surface area contributed by atoms with Crippen molar-refractivity contribution in [2.45, 2.75) is 0 Å². The standard InChI is InChI=1S/C11H12N2O4/c1-12-11(16)9-6-8(17-2)5-7(13-9)3-4-10(14)15/h3-6H,1-2H3,(H,12,16)(H,14,15)/b4-3+. The van der Waals surface area contributed by atoms with Crippen LogP contribution in [0.4, 0.5) is 0 Å². The van der Waals surface area contributed by atoms with E-state index in [9.17, 15) is 9.59 Å². The van der Waals surface area contributed by atoms with Crippen LogP contribution in [0.15, 0.2) is 18.2 Å². The monoisotopic (exact) mass is 236 g/mol. The predicted molar refractivity (Wildman–Crippen MR) is 60.8 cm³/mol. The molecule has 0 radical (unpaired) electrons. The lowest BCUT2D eigenvalue weighted by molar-refractivity contribution is -0.131. The largest absolute Gasteiger partial charge is 0.497 e. The van der Waals surface area contributed by atoms with E-state index >= 15 is 0 Å². The molecule has 6 heteroatoms.